The van der Waals surface area contributed by atoms with Gasteiger partial charge in [-0.1, -0.05) is 44.7 Å². The van der Waals surface area contributed by atoms with Gasteiger partial charge in [-0.25, -0.2) is 13.4 Å². The Labute approximate surface area is 194 Å². The van der Waals surface area contributed by atoms with E-state index in [0.29, 0.717) is 30.3 Å². The number of benzene rings is 2. The number of sulfonamides is 1. The summed E-state index contributed by atoms with van der Waals surface area (Å²) in [5, 5.41) is 3.62. The summed E-state index contributed by atoms with van der Waals surface area (Å²) in [6.07, 6.45) is 0.908. The van der Waals surface area contributed by atoms with E-state index >= 15 is 0 Å². The lowest BCUT2D eigenvalue weighted by molar-refractivity contribution is -0.113. The van der Waals surface area contributed by atoms with Crippen LogP contribution in [0.2, 0.25) is 0 Å². The smallest absolute Gasteiger partial charge is 0.243 e. The van der Waals surface area contributed by atoms with E-state index in [0.717, 1.165) is 17.6 Å². The van der Waals surface area contributed by atoms with Gasteiger partial charge in [0.25, 0.3) is 0 Å². The van der Waals surface area contributed by atoms with E-state index in [2.05, 4.69) is 17.2 Å². The monoisotopic (exact) mass is 474 g/mol. The molecule has 7 nitrogen and oxygen atoms in total. The van der Waals surface area contributed by atoms with Gasteiger partial charge in [0, 0.05) is 25.3 Å². The van der Waals surface area contributed by atoms with Crippen molar-refractivity contribution in [1.29, 1.82) is 0 Å². The van der Waals surface area contributed by atoms with Crippen LogP contribution >= 0.6 is 11.8 Å². The molecule has 172 valence electrons. The topological polar surface area (TPSA) is 84.3 Å². The van der Waals surface area contributed by atoms with Gasteiger partial charge in [-0.2, -0.15) is 4.31 Å². The number of anilines is 1. The van der Waals surface area contributed by atoms with Gasteiger partial charge in [0.1, 0.15) is 0 Å². The fourth-order valence-electron chi connectivity index (χ4n) is 3.57. The first-order valence-corrected chi connectivity index (χ1v) is 13.3. The van der Waals surface area contributed by atoms with Crippen LogP contribution in [-0.2, 0) is 27.8 Å². The maximum atomic E-state index is 12.9. The zero-order chi connectivity index (χ0) is 23.3. The molecule has 0 atom stereocenters. The SMILES string of the molecule is CCc1cccc(NC(=O)CSc2nc3cc(S(=O)(=O)N(CC)CC)ccc3n2CC)c1. The summed E-state index contributed by atoms with van der Waals surface area (Å²) in [4.78, 5) is 17.3. The largest absolute Gasteiger partial charge is 0.325 e. The second kappa shape index (κ2) is 10.5. The number of rotatable bonds is 10. The molecule has 1 aromatic heterocycles. The van der Waals surface area contributed by atoms with Crippen LogP contribution in [0.1, 0.15) is 33.3 Å². The number of nitrogens with one attached hydrogen (secondary N) is 1. The number of aromatic nitrogens is 2. The fourth-order valence-corrected chi connectivity index (χ4v) is 5.93. The summed E-state index contributed by atoms with van der Waals surface area (Å²) < 4.78 is 29.2. The van der Waals surface area contributed by atoms with Crippen LogP contribution in [0.25, 0.3) is 11.0 Å². The summed E-state index contributed by atoms with van der Waals surface area (Å²) in [5.41, 5.74) is 3.41. The molecule has 9 heteroatoms. The van der Waals surface area contributed by atoms with Gasteiger partial charge in [-0.3, -0.25) is 4.79 Å². The molecule has 0 aliphatic heterocycles. The molecule has 2 aromatic carbocycles. The molecule has 32 heavy (non-hydrogen) atoms. The number of nitrogens with zero attached hydrogens (tertiary/aromatic N) is 3. The van der Waals surface area contributed by atoms with Crippen LogP contribution in [0.15, 0.2) is 52.5 Å². The molecule has 1 heterocycles. The summed E-state index contributed by atoms with van der Waals surface area (Å²) in [6, 6.07) is 12.9. The Balaban J connectivity index is 1.80. The van der Waals surface area contributed by atoms with Crippen molar-refractivity contribution < 1.29 is 13.2 Å². The molecule has 0 radical (unpaired) electrons. The van der Waals surface area contributed by atoms with Crippen molar-refractivity contribution >= 4 is 44.4 Å². The second-order valence-electron chi connectivity index (χ2n) is 7.27. The van der Waals surface area contributed by atoms with Crippen molar-refractivity contribution in [2.75, 3.05) is 24.2 Å². The van der Waals surface area contributed by atoms with E-state index in [1.54, 1.807) is 18.2 Å². The van der Waals surface area contributed by atoms with Crippen molar-refractivity contribution in [3.8, 4) is 0 Å². The number of hydrogen-bond donors (Lipinski definition) is 1. The summed E-state index contributed by atoms with van der Waals surface area (Å²) in [6.45, 7) is 9.22. The predicted octanol–water partition coefficient (Wildman–Crippen LogP) is 4.38. The summed E-state index contributed by atoms with van der Waals surface area (Å²) in [5.74, 6) is 0.104. The third kappa shape index (κ3) is 5.16. The lowest BCUT2D eigenvalue weighted by Crippen LogP contribution is -2.30. The number of thioether (sulfide) groups is 1. The van der Waals surface area contributed by atoms with E-state index in [1.165, 1.54) is 21.6 Å². The molecule has 0 aliphatic carbocycles. The summed E-state index contributed by atoms with van der Waals surface area (Å²) in [7, 11) is -3.56. The molecule has 0 bridgehead atoms. The van der Waals surface area contributed by atoms with Crippen molar-refractivity contribution in [2.45, 2.75) is 50.7 Å². The first-order chi connectivity index (χ1) is 15.3. The molecular formula is C23H30N4O3S2. The normalized spacial score (nSPS) is 11.9. The van der Waals surface area contributed by atoms with Crippen molar-refractivity contribution in [1.82, 2.24) is 13.9 Å². The number of fused-ring (bicyclic) bond motifs is 1. The van der Waals surface area contributed by atoms with Crippen LogP contribution in [-0.4, -0.2) is 47.0 Å². The number of hydrogen-bond acceptors (Lipinski definition) is 5. The quantitative estimate of drug-likeness (QED) is 0.441. The Morgan fingerprint density at radius 2 is 1.84 bits per heavy atom. The Morgan fingerprint density at radius 1 is 1.09 bits per heavy atom. The van der Waals surface area contributed by atoms with Crippen molar-refractivity contribution in [2.24, 2.45) is 0 Å². The highest BCUT2D eigenvalue weighted by atomic mass is 32.2. The van der Waals surface area contributed by atoms with E-state index in [4.69, 9.17) is 0 Å². The Kier molecular flexibility index (Phi) is 7.97. The molecule has 0 saturated heterocycles. The van der Waals surface area contributed by atoms with E-state index in [9.17, 15) is 13.2 Å². The van der Waals surface area contributed by atoms with E-state index in [1.807, 2.05) is 49.6 Å². The molecular weight excluding hydrogens is 444 g/mol. The minimum atomic E-state index is -3.56. The highest BCUT2D eigenvalue weighted by molar-refractivity contribution is 7.99. The minimum absolute atomic E-state index is 0.109. The van der Waals surface area contributed by atoms with Crippen molar-refractivity contribution in [3.63, 3.8) is 0 Å². The molecule has 0 aliphatic rings. The van der Waals surface area contributed by atoms with Gasteiger partial charge in [0.2, 0.25) is 15.9 Å². The highest BCUT2D eigenvalue weighted by Crippen LogP contribution is 2.27. The van der Waals surface area contributed by atoms with E-state index in [-0.39, 0.29) is 16.6 Å². The van der Waals surface area contributed by atoms with Crippen LogP contribution in [0, 0.1) is 0 Å². The number of carbonyl (C=O) groups is 1. The van der Waals surface area contributed by atoms with Gasteiger partial charge in [0.15, 0.2) is 5.16 Å². The lowest BCUT2D eigenvalue weighted by Gasteiger charge is -2.18. The molecule has 3 rings (SSSR count). The van der Waals surface area contributed by atoms with Gasteiger partial charge in [0.05, 0.1) is 21.7 Å². The highest BCUT2D eigenvalue weighted by Gasteiger charge is 2.23. The Hall–Kier alpha value is -2.36. The van der Waals surface area contributed by atoms with Gasteiger partial charge >= 0.3 is 0 Å². The lowest BCUT2D eigenvalue weighted by atomic mass is 10.1. The standard InChI is InChI=1S/C23H30N4O3S2/c1-5-17-10-9-11-18(14-17)24-22(28)16-31-23-25-20-15-19(12-13-21(20)27(23)8-4)32(29,30)26(6-2)7-3/h9-15H,5-8,16H2,1-4H3,(H,24,28). The third-order valence-corrected chi connectivity index (χ3v) is 8.32. The molecule has 1 N–H and O–H groups in total. The van der Waals surface area contributed by atoms with Crippen molar-refractivity contribution in [3.05, 3.63) is 48.0 Å². The average Bonchev–Trinajstić information content (AvgIpc) is 3.15. The molecule has 0 unspecified atom stereocenters. The zero-order valence-electron chi connectivity index (χ0n) is 19.0. The maximum Gasteiger partial charge on any atom is 0.243 e. The Bertz CT molecular complexity index is 1200. The fraction of sp³-hybridized carbons (Fsp3) is 0.391. The molecule has 3 aromatic rings. The predicted molar refractivity (Wildman–Crippen MR) is 131 cm³/mol. The Morgan fingerprint density at radius 3 is 2.50 bits per heavy atom. The minimum Gasteiger partial charge on any atom is -0.325 e. The van der Waals surface area contributed by atoms with E-state index < -0.39 is 10.0 Å². The second-order valence-corrected chi connectivity index (χ2v) is 10.1. The first kappa shape index (κ1) is 24.3. The molecule has 1 amide bonds. The molecule has 0 spiro atoms. The van der Waals surface area contributed by atoms with Crippen LogP contribution in [0.4, 0.5) is 5.69 Å². The zero-order valence-corrected chi connectivity index (χ0v) is 20.6. The number of aryl methyl sites for hydroxylation is 2. The first-order valence-electron chi connectivity index (χ1n) is 10.9. The third-order valence-electron chi connectivity index (χ3n) is 5.30. The van der Waals surface area contributed by atoms with Crippen LogP contribution < -0.4 is 5.32 Å². The van der Waals surface area contributed by atoms with Gasteiger partial charge < -0.3 is 9.88 Å². The number of carbonyl (C=O) groups excluding carboxylic acids is 1. The summed E-state index contributed by atoms with van der Waals surface area (Å²) >= 11 is 1.34. The van der Waals surface area contributed by atoms with Crippen LogP contribution in [0.5, 0.6) is 0 Å². The molecule has 0 fully saturated rings. The van der Waals surface area contributed by atoms with Crippen LogP contribution in [0.3, 0.4) is 0 Å². The van der Waals surface area contributed by atoms with Gasteiger partial charge in [-0.05, 0) is 49.2 Å². The maximum absolute atomic E-state index is 12.9. The van der Waals surface area contributed by atoms with Gasteiger partial charge in [-0.15, -0.1) is 0 Å². The average molecular weight is 475 g/mol. The number of amides is 1. The molecule has 0 saturated carbocycles. The number of imidazole rings is 1.